The molecular weight excluding hydrogens is 328 g/mol. The summed E-state index contributed by atoms with van der Waals surface area (Å²) in [4.78, 5) is 24.9. The first kappa shape index (κ1) is 17.7. The fourth-order valence-electron chi connectivity index (χ4n) is 2.92. The lowest BCUT2D eigenvalue weighted by atomic mass is 10.2. The molecule has 1 heterocycles. The van der Waals surface area contributed by atoms with Crippen LogP contribution < -0.4 is 5.32 Å². The van der Waals surface area contributed by atoms with E-state index in [1.54, 1.807) is 19.2 Å². The fourth-order valence-corrected chi connectivity index (χ4v) is 2.92. The van der Waals surface area contributed by atoms with E-state index < -0.39 is 12.1 Å². The van der Waals surface area contributed by atoms with Gasteiger partial charge < -0.3 is 14.6 Å². The Kier molecular flexibility index (Phi) is 5.07. The molecule has 0 radical (unpaired) electrons. The van der Waals surface area contributed by atoms with Gasteiger partial charge in [0.05, 0.1) is 5.56 Å². The van der Waals surface area contributed by atoms with Gasteiger partial charge in [0.25, 0.3) is 5.91 Å². The van der Waals surface area contributed by atoms with Crippen molar-refractivity contribution in [1.29, 1.82) is 0 Å². The van der Waals surface area contributed by atoms with Crippen molar-refractivity contribution in [2.45, 2.75) is 33.4 Å². The molecule has 1 aromatic heterocycles. The summed E-state index contributed by atoms with van der Waals surface area (Å²) in [5.41, 5.74) is 3.16. The monoisotopic (exact) mass is 350 g/mol. The highest BCUT2D eigenvalue weighted by Crippen LogP contribution is 2.22. The lowest BCUT2D eigenvalue weighted by Gasteiger charge is -2.13. The molecule has 1 unspecified atom stereocenters. The third-order valence-corrected chi connectivity index (χ3v) is 4.29. The number of carbonyl (C=O) groups is 2. The lowest BCUT2D eigenvalue weighted by Crippen LogP contribution is -2.30. The summed E-state index contributed by atoms with van der Waals surface area (Å²) in [5, 5.41) is 3.60. The predicted octanol–water partition coefficient (Wildman–Crippen LogP) is 4.15. The summed E-state index contributed by atoms with van der Waals surface area (Å²) in [5.74, 6) is -0.858. The van der Waals surface area contributed by atoms with Crippen LogP contribution in [-0.2, 0) is 16.1 Å². The average Bonchev–Trinajstić information content (AvgIpc) is 3.00. The van der Waals surface area contributed by atoms with Gasteiger partial charge in [0, 0.05) is 29.3 Å². The molecule has 134 valence electrons. The summed E-state index contributed by atoms with van der Waals surface area (Å²) in [6.07, 6.45) is 0.879. The van der Waals surface area contributed by atoms with E-state index in [-0.39, 0.29) is 5.91 Å². The Morgan fingerprint density at radius 2 is 1.92 bits per heavy atom. The van der Waals surface area contributed by atoms with Crippen LogP contribution in [0.25, 0.3) is 10.9 Å². The Labute approximate surface area is 152 Å². The zero-order valence-electron chi connectivity index (χ0n) is 15.2. The molecule has 0 aliphatic carbocycles. The summed E-state index contributed by atoms with van der Waals surface area (Å²) in [6, 6.07) is 15.1. The number of esters is 1. The van der Waals surface area contributed by atoms with Gasteiger partial charge in [-0.15, -0.1) is 0 Å². The largest absolute Gasteiger partial charge is 0.449 e. The third kappa shape index (κ3) is 3.61. The number of carbonyl (C=O) groups excluding carboxylic acids is 2. The van der Waals surface area contributed by atoms with Gasteiger partial charge in [-0.3, -0.25) is 4.79 Å². The van der Waals surface area contributed by atoms with Crippen LogP contribution in [0.4, 0.5) is 5.69 Å². The van der Waals surface area contributed by atoms with Crippen molar-refractivity contribution in [2.75, 3.05) is 5.32 Å². The van der Waals surface area contributed by atoms with Crippen LogP contribution in [0.15, 0.2) is 54.7 Å². The highest BCUT2D eigenvalue weighted by molar-refractivity contribution is 6.05. The van der Waals surface area contributed by atoms with Gasteiger partial charge in [0.1, 0.15) is 0 Å². The molecule has 1 amide bonds. The van der Waals surface area contributed by atoms with Crippen molar-refractivity contribution in [1.82, 2.24) is 4.57 Å². The highest BCUT2D eigenvalue weighted by Gasteiger charge is 2.22. The van der Waals surface area contributed by atoms with Crippen molar-refractivity contribution in [3.63, 3.8) is 0 Å². The first-order chi connectivity index (χ1) is 12.5. The minimum absolute atomic E-state index is 0.358. The number of hydrogen-bond donors (Lipinski definition) is 1. The second kappa shape index (κ2) is 7.44. The molecular formula is C21H22N2O3. The number of amides is 1. The molecule has 1 atom stereocenters. The topological polar surface area (TPSA) is 60.3 Å². The molecule has 0 spiro atoms. The zero-order chi connectivity index (χ0) is 18.7. The Balaban J connectivity index is 1.74. The SMILES string of the molecule is CCn1cc(C(=O)OC(C)C(=O)Nc2cccc(C)c2)c2ccccc21. The molecule has 0 saturated carbocycles. The number of ether oxygens (including phenoxy) is 1. The summed E-state index contributed by atoms with van der Waals surface area (Å²) >= 11 is 0. The smallest absolute Gasteiger partial charge is 0.341 e. The van der Waals surface area contributed by atoms with E-state index in [1.807, 2.05) is 60.9 Å². The molecule has 1 N–H and O–H groups in total. The molecule has 0 aliphatic rings. The maximum absolute atomic E-state index is 12.6. The van der Waals surface area contributed by atoms with Crippen molar-refractivity contribution >= 4 is 28.5 Å². The van der Waals surface area contributed by atoms with Gasteiger partial charge >= 0.3 is 5.97 Å². The molecule has 0 aliphatic heterocycles. The minimum atomic E-state index is -0.897. The number of fused-ring (bicyclic) bond motifs is 1. The molecule has 5 nitrogen and oxygen atoms in total. The maximum Gasteiger partial charge on any atom is 0.341 e. The van der Waals surface area contributed by atoms with E-state index in [0.717, 1.165) is 23.0 Å². The predicted molar refractivity (Wildman–Crippen MR) is 102 cm³/mol. The van der Waals surface area contributed by atoms with Crippen molar-refractivity contribution in [3.05, 3.63) is 65.9 Å². The van der Waals surface area contributed by atoms with Crippen LogP contribution in [0, 0.1) is 6.92 Å². The minimum Gasteiger partial charge on any atom is -0.449 e. The first-order valence-corrected chi connectivity index (χ1v) is 8.66. The average molecular weight is 350 g/mol. The molecule has 3 aromatic rings. The van der Waals surface area contributed by atoms with Gasteiger partial charge in [-0.2, -0.15) is 0 Å². The summed E-state index contributed by atoms with van der Waals surface area (Å²) < 4.78 is 7.39. The van der Waals surface area contributed by atoms with Crippen LogP contribution in [0.2, 0.25) is 0 Å². The summed E-state index contributed by atoms with van der Waals surface area (Å²) in [7, 11) is 0. The number of rotatable bonds is 5. The lowest BCUT2D eigenvalue weighted by molar-refractivity contribution is -0.123. The number of para-hydroxylation sites is 1. The number of aryl methyl sites for hydroxylation is 2. The Bertz CT molecular complexity index is 959. The Morgan fingerprint density at radius 1 is 1.15 bits per heavy atom. The number of nitrogens with zero attached hydrogens (tertiary/aromatic N) is 1. The normalized spacial score (nSPS) is 12.0. The molecule has 26 heavy (non-hydrogen) atoms. The Morgan fingerprint density at radius 3 is 2.65 bits per heavy atom. The zero-order valence-corrected chi connectivity index (χ0v) is 15.2. The second-order valence-corrected chi connectivity index (χ2v) is 6.25. The number of benzene rings is 2. The van der Waals surface area contributed by atoms with Crippen LogP contribution in [-0.4, -0.2) is 22.5 Å². The molecule has 2 aromatic carbocycles. The fraction of sp³-hybridized carbons (Fsp3) is 0.238. The second-order valence-electron chi connectivity index (χ2n) is 6.25. The highest BCUT2D eigenvalue weighted by atomic mass is 16.5. The van der Waals surface area contributed by atoms with Gasteiger partial charge in [0.15, 0.2) is 6.10 Å². The van der Waals surface area contributed by atoms with Crippen LogP contribution in [0.3, 0.4) is 0 Å². The van der Waals surface area contributed by atoms with E-state index in [1.165, 1.54) is 0 Å². The number of anilines is 1. The Hall–Kier alpha value is -3.08. The number of aromatic nitrogens is 1. The number of nitrogens with one attached hydrogen (secondary N) is 1. The van der Waals surface area contributed by atoms with E-state index in [2.05, 4.69) is 5.32 Å². The third-order valence-electron chi connectivity index (χ3n) is 4.29. The van der Waals surface area contributed by atoms with E-state index in [4.69, 9.17) is 4.74 Å². The van der Waals surface area contributed by atoms with Gasteiger partial charge in [-0.1, -0.05) is 30.3 Å². The van der Waals surface area contributed by atoms with Gasteiger partial charge in [-0.25, -0.2) is 4.79 Å². The van der Waals surface area contributed by atoms with Gasteiger partial charge in [0.2, 0.25) is 0 Å². The number of hydrogen-bond acceptors (Lipinski definition) is 3. The first-order valence-electron chi connectivity index (χ1n) is 8.66. The van der Waals surface area contributed by atoms with E-state index in [0.29, 0.717) is 11.3 Å². The van der Waals surface area contributed by atoms with Crippen LogP contribution in [0.5, 0.6) is 0 Å². The van der Waals surface area contributed by atoms with Crippen LogP contribution >= 0.6 is 0 Å². The molecule has 0 fully saturated rings. The maximum atomic E-state index is 12.6. The van der Waals surface area contributed by atoms with E-state index in [9.17, 15) is 9.59 Å². The summed E-state index contributed by atoms with van der Waals surface area (Å²) in [6.45, 7) is 6.28. The molecule has 5 heteroatoms. The van der Waals surface area contributed by atoms with E-state index >= 15 is 0 Å². The van der Waals surface area contributed by atoms with Gasteiger partial charge in [-0.05, 0) is 44.5 Å². The van der Waals surface area contributed by atoms with Crippen molar-refractivity contribution < 1.29 is 14.3 Å². The standard InChI is InChI=1S/C21H22N2O3/c1-4-23-13-18(17-10-5-6-11-19(17)23)21(25)26-15(3)20(24)22-16-9-7-8-14(2)12-16/h5-13,15H,4H2,1-3H3,(H,22,24). The molecule has 3 rings (SSSR count). The molecule has 0 bridgehead atoms. The molecule has 0 saturated heterocycles. The van der Waals surface area contributed by atoms with Crippen LogP contribution in [0.1, 0.15) is 29.8 Å². The van der Waals surface area contributed by atoms with Crippen molar-refractivity contribution in [2.24, 2.45) is 0 Å². The van der Waals surface area contributed by atoms with Crippen molar-refractivity contribution in [3.8, 4) is 0 Å². The quantitative estimate of drug-likeness (QED) is 0.703.